The number of benzene rings is 1. The summed E-state index contributed by atoms with van der Waals surface area (Å²) in [6.45, 7) is 5.43. The first-order chi connectivity index (χ1) is 8.61. The number of halogens is 1. The Labute approximate surface area is 118 Å². The molecule has 18 heavy (non-hydrogen) atoms. The van der Waals surface area contributed by atoms with Crippen molar-refractivity contribution in [3.05, 3.63) is 28.7 Å². The average Bonchev–Trinajstić information content (AvgIpc) is 2.48. The Kier molecular flexibility index (Phi) is 4.65. The lowest BCUT2D eigenvalue weighted by Gasteiger charge is -2.33. The van der Waals surface area contributed by atoms with E-state index < -0.39 is 0 Å². The van der Waals surface area contributed by atoms with Crippen LogP contribution in [0.2, 0.25) is 0 Å². The third-order valence-electron chi connectivity index (χ3n) is 3.47. The van der Waals surface area contributed by atoms with Gasteiger partial charge in [-0.25, -0.2) is 0 Å². The highest BCUT2D eigenvalue weighted by molar-refractivity contribution is 9.10. The number of hydrogen-bond donors (Lipinski definition) is 1. The SMILES string of the molecule is CC1CN(C)CC(CO)N(c2ccccc2Br)C1. The smallest absolute Gasteiger partial charge is 0.0648 e. The Hall–Kier alpha value is -0.580. The van der Waals surface area contributed by atoms with Crippen LogP contribution in [0.4, 0.5) is 5.69 Å². The van der Waals surface area contributed by atoms with Crippen LogP contribution in [0.15, 0.2) is 28.7 Å². The highest BCUT2D eigenvalue weighted by Gasteiger charge is 2.27. The number of anilines is 1. The largest absolute Gasteiger partial charge is 0.394 e. The minimum absolute atomic E-state index is 0.165. The van der Waals surface area contributed by atoms with Gasteiger partial charge in [0.1, 0.15) is 0 Å². The van der Waals surface area contributed by atoms with Gasteiger partial charge in [0.2, 0.25) is 0 Å². The van der Waals surface area contributed by atoms with Crippen LogP contribution in [0.5, 0.6) is 0 Å². The predicted molar refractivity (Wildman–Crippen MR) is 79.0 cm³/mol. The second-order valence-corrected chi connectivity index (χ2v) is 6.12. The molecule has 1 aliphatic heterocycles. The lowest BCUT2D eigenvalue weighted by Crippen LogP contribution is -2.43. The van der Waals surface area contributed by atoms with Crippen molar-refractivity contribution in [3.8, 4) is 0 Å². The maximum Gasteiger partial charge on any atom is 0.0648 e. The highest BCUT2D eigenvalue weighted by atomic mass is 79.9. The molecule has 1 aromatic carbocycles. The number of aliphatic hydroxyl groups is 1. The first kappa shape index (κ1) is 13.8. The molecule has 0 aromatic heterocycles. The monoisotopic (exact) mass is 312 g/mol. The van der Waals surface area contributed by atoms with Gasteiger partial charge in [0.15, 0.2) is 0 Å². The molecule has 0 amide bonds. The van der Waals surface area contributed by atoms with E-state index in [1.807, 2.05) is 12.1 Å². The highest BCUT2D eigenvalue weighted by Crippen LogP contribution is 2.29. The van der Waals surface area contributed by atoms with E-state index in [0.717, 1.165) is 24.1 Å². The summed E-state index contributed by atoms with van der Waals surface area (Å²) in [7, 11) is 2.13. The third kappa shape index (κ3) is 3.05. The second-order valence-electron chi connectivity index (χ2n) is 5.27. The molecule has 1 heterocycles. The molecule has 2 unspecified atom stereocenters. The van der Waals surface area contributed by atoms with E-state index in [1.165, 1.54) is 5.69 Å². The molecule has 0 radical (unpaired) electrons. The van der Waals surface area contributed by atoms with Crippen molar-refractivity contribution >= 4 is 21.6 Å². The van der Waals surface area contributed by atoms with Crippen LogP contribution in [0, 0.1) is 5.92 Å². The van der Waals surface area contributed by atoms with Crippen molar-refractivity contribution in [2.24, 2.45) is 5.92 Å². The molecular weight excluding hydrogens is 292 g/mol. The topological polar surface area (TPSA) is 26.7 Å². The lowest BCUT2D eigenvalue weighted by atomic mass is 10.1. The first-order valence-electron chi connectivity index (χ1n) is 6.42. The normalized spacial score (nSPS) is 26.1. The van der Waals surface area contributed by atoms with Gasteiger partial charge in [-0.05, 0) is 41.0 Å². The van der Waals surface area contributed by atoms with Crippen molar-refractivity contribution in [2.75, 3.05) is 38.2 Å². The number of rotatable bonds is 2. The summed E-state index contributed by atoms with van der Waals surface area (Å²) < 4.78 is 1.10. The maximum atomic E-state index is 9.66. The van der Waals surface area contributed by atoms with Crippen molar-refractivity contribution in [2.45, 2.75) is 13.0 Å². The molecule has 2 atom stereocenters. The fourth-order valence-electron chi connectivity index (χ4n) is 2.74. The van der Waals surface area contributed by atoms with Gasteiger partial charge in [-0.2, -0.15) is 0 Å². The molecule has 1 saturated heterocycles. The van der Waals surface area contributed by atoms with Crippen LogP contribution in [0.1, 0.15) is 6.92 Å². The second kappa shape index (κ2) is 6.04. The van der Waals surface area contributed by atoms with E-state index in [9.17, 15) is 5.11 Å². The summed E-state index contributed by atoms with van der Waals surface area (Å²) in [6, 6.07) is 8.41. The molecule has 4 heteroatoms. The summed E-state index contributed by atoms with van der Waals surface area (Å²) in [5.74, 6) is 0.596. The zero-order valence-corrected chi connectivity index (χ0v) is 12.6. The molecular formula is C14H21BrN2O. The molecule has 2 rings (SSSR count). The van der Waals surface area contributed by atoms with Gasteiger partial charge in [0.05, 0.1) is 18.3 Å². The maximum absolute atomic E-state index is 9.66. The first-order valence-corrected chi connectivity index (χ1v) is 7.21. The van der Waals surface area contributed by atoms with Crippen LogP contribution >= 0.6 is 15.9 Å². The zero-order chi connectivity index (χ0) is 13.1. The van der Waals surface area contributed by atoms with Crippen molar-refractivity contribution < 1.29 is 5.11 Å². The van der Waals surface area contributed by atoms with Crippen molar-refractivity contribution in [3.63, 3.8) is 0 Å². The number of nitrogens with zero attached hydrogens (tertiary/aromatic N) is 2. The van der Waals surface area contributed by atoms with E-state index in [-0.39, 0.29) is 12.6 Å². The summed E-state index contributed by atoms with van der Waals surface area (Å²) in [5, 5.41) is 9.66. The molecule has 0 saturated carbocycles. The van der Waals surface area contributed by atoms with Crippen LogP contribution in [-0.4, -0.2) is 49.3 Å². The van der Waals surface area contributed by atoms with E-state index >= 15 is 0 Å². The Morgan fingerprint density at radius 3 is 2.67 bits per heavy atom. The molecule has 1 aromatic rings. The molecule has 1 N–H and O–H groups in total. The van der Waals surface area contributed by atoms with Gasteiger partial charge >= 0.3 is 0 Å². The number of likely N-dealkylation sites (N-methyl/N-ethyl adjacent to an activating group) is 1. The van der Waals surface area contributed by atoms with Crippen LogP contribution in [0.3, 0.4) is 0 Å². The van der Waals surface area contributed by atoms with Crippen LogP contribution in [0.25, 0.3) is 0 Å². The minimum Gasteiger partial charge on any atom is -0.394 e. The lowest BCUT2D eigenvalue weighted by molar-refractivity contribution is 0.226. The van der Waals surface area contributed by atoms with Gasteiger partial charge in [0.25, 0.3) is 0 Å². The van der Waals surface area contributed by atoms with Crippen molar-refractivity contribution in [1.29, 1.82) is 0 Å². The standard InChI is InChI=1S/C14H21BrN2O/c1-11-7-16(2)9-12(10-18)17(8-11)14-6-4-3-5-13(14)15/h3-6,11-12,18H,7-10H2,1-2H3. The Bertz CT molecular complexity index is 399. The Balaban J connectivity index is 2.30. The summed E-state index contributed by atoms with van der Waals surface area (Å²) in [6.07, 6.45) is 0. The Morgan fingerprint density at radius 1 is 1.28 bits per heavy atom. The van der Waals surface area contributed by atoms with Gasteiger partial charge in [-0.15, -0.1) is 0 Å². The zero-order valence-electron chi connectivity index (χ0n) is 11.0. The molecule has 0 bridgehead atoms. The molecule has 3 nitrogen and oxygen atoms in total. The molecule has 1 aliphatic rings. The quantitative estimate of drug-likeness (QED) is 0.907. The van der Waals surface area contributed by atoms with E-state index in [0.29, 0.717) is 5.92 Å². The van der Waals surface area contributed by atoms with E-state index in [4.69, 9.17) is 0 Å². The summed E-state index contributed by atoms with van der Waals surface area (Å²) in [4.78, 5) is 4.64. The van der Waals surface area contributed by atoms with Gasteiger partial charge in [0, 0.05) is 24.1 Å². The minimum atomic E-state index is 0.165. The van der Waals surface area contributed by atoms with E-state index in [1.54, 1.807) is 0 Å². The van der Waals surface area contributed by atoms with Gasteiger partial charge in [-0.3, -0.25) is 0 Å². The number of aliphatic hydroxyl groups excluding tert-OH is 1. The van der Waals surface area contributed by atoms with Gasteiger partial charge in [-0.1, -0.05) is 19.1 Å². The molecule has 1 fully saturated rings. The fourth-order valence-corrected chi connectivity index (χ4v) is 3.26. The van der Waals surface area contributed by atoms with E-state index in [2.05, 4.69) is 51.8 Å². The molecule has 0 spiro atoms. The van der Waals surface area contributed by atoms with Crippen LogP contribution < -0.4 is 4.90 Å². The Morgan fingerprint density at radius 2 is 2.00 bits per heavy atom. The summed E-state index contributed by atoms with van der Waals surface area (Å²) >= 11 is 3.61. The van der Waals surface area contributed by atoms with Crippen molar-refractivity contribution in [1.82, 2.24) is 4.90 Å². The fraction of sp³-hybridized carbons (Fsp3) is 0.571. The third-order valence-corrected chi connectivity index (χ3v) is 4.14. The average molecular weight is 313 g/mol. The summed E-state index contributed by atoms with van der Waals surface area (Å²) in [5.41, 5.74) is 1.18. The van der Waals surface area contributed by atoms with Crippen LogP contribution in [-0.2, 0) is 0 Å². The predicted octanol–water partition coefficient (Wildman–Crippen LogP) is 2.20. The molecule has 100 valence electrons. The number of hydrogen-bond acceptors (Lipinski definition) is 3. The number of para-hydroxylation sites is 1. The van der Waals surface area contributed by atoms with Gasteiger partial charge < -0.3 is 14.9 Å². The molecule has 0 aliphatic carbocycles.